The number of carbonyl (C=O) groups excluding carboxylic acids is 2. The van der Waals surface area contributed by atoms with Crippen LogP contribution < -0.4 is 15.4 Å². The number of ether oxygens (including phenoxy) is 4. The molecule has 6 atom stereocenters. The number of aliphatic hydroxyl groups is 1. The van der Waals surface area contributed by atoms with E-state index >= 15 is 0 Å². The number of methoxy groups -OCH3 is 1. The highest BCUT2D eigenvalue weighted by Gasteiger charge is 2.59. The number of nitrogens with zero attached hydrogens (tertiary/aromatic N) is 1. The van der Waals surface area contributed by atoms with Gasteiger partial charge in [0.1, 0.15) is 11.9 Å². The van der Waals surface area contributed by atoms with E-state index in [-0.39, 0.29) is 42.3 Å². The molecule has 2 saturated heterocycles. The number of nitrogens with one attached hydrogen (secondary N) is 2. The predicted octanol–water partition coefficient (Wildman–Crippen LogP) is 2.70. The van der Waals surface area contributed by atoms with Gasteiger partial charge < -0.3 is 34.7 Å². The van der Waals surface area contributed by atoms with Crippen molar-refractivity contribution in [1.82, 2.24) is 14.9 Å². The number of sulfonamides is 1. The molecule has 3 aliphatic rings. The lowest BCUT2D eigenvalue weighted by molar-refractivity contribution is 0.00257. The first-order chi connectivity index (χ1) is 21.0. The minimum absolute atomic E-state index is 0.0256. The third-order valence-corrected chi connectivity index (χ3v) is 10.3. The Hall–Kier alpha value is -3.39. The van der Waals surface area contributed by atoms with Gasteiger partial charge in [-0.25, -0.2) is 18.0 Å². The summed E-state index contributed by atoms with van der Waals surface area (Å²) < 4.78 is 51.0. The molecule has 44 heavy (non-hydrogen) atoms. The van der Waals surface area contributed by atoms with Crippen LogP contribution in [0.4, 0.5) is 9.59 Å². The Morgan fingerprint density at radius 2 is 1.86 bits per heavy atom. The fourth-order valence-electron chi connectivity index (χ4n) is 6.31. The molecule has 0 aromatic heterocycles. The summed E-state index contributed by atoms with van der Waals surface area (Å²) in [7, 11) is -2.47. The van der Waals surface area contributed by atoms with Gasteiger partial charge in [0.25, 0.3) is 0 Å². The van der Waals surface area contributed by atoms with Crippen molar-refractivity contribution < 1.29 is 42.1 Å². The van der Waals surface area contributed by atoms with Crippen LogP contribution in [0.3, 0.4) is 0 Å². The molecular formula is C31H41N3O9S. The number of rotatable bonds is 12. The molecule has 0 radical (unpaired) electrons. The summed E-state index contributed by atoms with van der Waals surface area (Å²) in [6.45, 7) is 4.37. The smallest absolute Gasteiger partial charge is 0.407 e. The van der Waals surface area contributed by atoms with Crippen LogP contribution in [0.2, 0.25) is 0 Å². The van der Waals surface area contributed by atoms with E-state index in [1.807, 2.05) is 44.2 Å². The molecule has 2 amide bonds. The number of fused-ring (bicyclic) bond motifs is 2. The normalized spacial score (nSPS) is 25.9. The number of hydrogen-bond acceptors (Lipinski definition) is 9. The van der Waals surface area contributed by atoms with Crippen LogP contribution in [0.1, 0.15) is 32.3 Å². The highest BCUT2D eigenvalue weighted by molar-refractivity contribution is 7.89. The van der Waals surface area contributed by atoms with Gasteiger partial charge in [-0.1, -0.05) is 44.2 Å². The van der Waals surface area contributed by atoms with Gasteiger partial charge in [-0.2, -0.15) is 4.31 Å². The quantitative estimate of drug-likeness (QED) is 0.321. The molecule has 2 heterocycles. The summed E-state index contributed by atoms with van der Waals surface area (Å²) in [5, 5.41) is 17.0. The second kappa shape index (κ2) is 13.3. The van der Waals surface area contributed by atoms with Crippen molar-refractivity contribution in [2.75, 3.05) is 33.4 Å². The Balaban J connectivity index is 1.28. The van der Waals surface area contributed by atoms with Crippen LogP contribution >= 0.6 is 0 Å². The summed E-state index contributed by atoms with van der Waals surface area (Å²) in [4.78, 5) is 25.0. The molecule has 2 aromatic carbocycles. The largest absolute Gasteiger partial charge is 0.497 e. The SMILES string of the molecule is COc1ccc(S(=O)(=O)N(CC(C)C)C[C@@H](O)[C@H](Cc2ccccc2)NC(=O)O[C@H]2C[C@H]3OC[C@]4(CNC(=O)O4)[C@H]3C2)cc1. The summed E-state index contributed by atoms with van der Waals surface area (Å²) in [6, 6.07) is 14.6. The van der Waals surface area contributed by atoms with Gasteiger partial charge in [0.05, 0.1) is 43.4 Å². The van der Waals surface area contributed by atoms with Crippen molar-refractivity contribution in [2.45, 2.75) is 68.0 Å². The van der Waals surface area contributed by atoms with E-state index in [2.05, 4.69) is 10.6 Å². The molecule has 3 N–H and O–H groups in total. The van der Waals surface area contributed by atoms with Gasteiger partial charge in [-0.05, 0) is 48.6 Å². The Bertz CT molecular complexity index is 1410. The van der Waals surface area contributed by atoms with Crippen molar-refractivity contribution in [3.05, 3.63) is 60.2 Å². The van der Waals surface area contributed by atoms with Crippen molar-refractivity contribution >= 4 is 22.2 Å². The fraction of sp³-hybridized carbons (Fsp3) is 0.548. The average Bonchev–Trinajstić information content (AvgIpc) is 3.68. The lowest BCUT2D eigenvalue weighted by Gasteiger charge is -2.31. The van der Waals surface area contributed by atoms with Gasteiger partial charge in [0.15, 0.2) is 5.60 Å². The summed E-state index contributed by atoms with van der Waals surface area (Å²) in [5.74, 6) is 0.402. The summed E-state index contributed by atoms with van der Waals surface area (Å²) in [5.41, 5.74) is 0.101. The Labute approximate surface area is 258 Å². The topological polar surface area (TPSA) is 153 Å². The first-order valence-corrected chi connectivity index (χ1v) is 16.3. The third-order valence-electron chi connectivity index (χ3n) is 8.50. The molecule has 5 rings (SSSR count). The van der Waals surface area contributed by atoms with E-state index < -0.39 is 46.1 Å². The molecule has 240 valence electrons. The van der Waals surface area contributed by atoms with Gasteiger partial charge in [0, 0.05) is 25.4 Å². The second-order valence-corrected chi connectivity index (χ2v) is 14.1. The molecular weight excluding hydrogens is 590 g/mol. The molecule has 12 nitrogen and oxygen atoms in total. The van der Waals surface area contributed by atoms with Gasteiger partial charge in [-0.3, -0.25) is 0 Å². The number of hydrogen-bond donors (Lipinski definition) is 3. The zero-order valence-electron chi connectivity index (χ0n) is 25.2. The summed E-state index contributed by atoms with van der Waals surface area (Å²) in [6.07, 6.45) is -1.93. The first kappa shape index (κ1) is 32.0. The van der Waals surface area contributed by atoms with Crippen LogP contribution in [0.25, 0.3) is 0 Å². The van der Waals surface area contributed by atoms with Crippen molar-refractivity contribution in [3.63, 3.8) is 0 Å². The van der Waals surface area contributed by atoms with Gasteiger partial charge in [0.2, 0.25) is 10.0 Å². The van der Waals surface area contributed by atoms with Crippen molar-refractivity contribution in [3.8, 4) is 5.75 Å². The Morgan fingerprint density at radius 3 is 2.50 bits per heavy atom. The highest BCUT2D eigenvalue weighted by atomic mass is 32.2. The number of amides is 2. The Morgan fingerprint density at radius 1 is 1.14 bits per heavy atom. The molecule has 0 unspecified atom stereocenters. The zero-order valence-corrected chi connectivity index (χ0v) is 26.0. The minimum atomic E-state index is -3.97. The van der Waals surface area contributed by atoms with Gasteiger partial charge >= 0.3 is 12.2 Å². The van der Waals surface area contributed by atoms with Gasteiger partial charge in [-0.15, -0.1) is 0 Å². The third kappa shape index (κ3) is 7.12. The predicted molar refractivity (Wildman–Crippen MR) is 160 cm³/mol. The van der Waals surface area contributed by atoms with E-state index in [4.69, 9.17) is 18.9 Å². The maximum Gasteiger partial charge on any atom is 0.407 e. The van der Waals surface area contributed by atoms with Crippen LogP contribution in [0.5, 0.6) is 5.75 Å². The monoisotopic (exact) mass is 631 g/mol. The number of benzene rings is 2. The van der Waals surface area contributed by atoms with E-state index in [9.17, 15) is 23.1 Å². The van der Waals surface area contributed by atoms with E-state index in [1.165, 1.54) is 23.5 Å². The molecule has 2 aliphatic heterocycles. The van der Waals surface area contributed by atoms with Crippen LogP contribution in [-0.2, 0) is 30.7 Å². The molecule has 3 fully saturated rings. The van der Waals surface area contributed by atoms with Crippen molar-refractivity contribution in [2.24, 2.45) is 11.8 Å². The van der Waals surface area contributed by atoms with Crippen LogP contribution in [-0.4, -0.2) is 93.3 Å². The molecule has 1 aliphatic carbocycles. The fourth-order valence-corrected chi connectivity index (χ4v) is 7.93. The number of carbonyl (C=O) groups is 2. The lowest BCUT2D eigenvalue weighted by Crippen LogP contribution is -2.51. The molecule has 2 aromatic rings. The van der Waals surface area contributed by atoms with E-state index in [0.717, 1.165) is 5.56 Å². The lowest BCUT2D eigenvalue weighted by atomic mass is 9.88. The van der Waals surface area contributed by atoms with E-state index in [0.29, 0.717) is 31.7 Å². The molecule has 1 saturated carbocycles. The highest BCUT2D eigenvalue weighted by Crippen LogP contribution is 2.46. The minimum Gasteiger partial charge on any atom is -0.497 e. The maximum absolute atomic E-state index is 13.7. The van der Waals surface area contributed by atoms with E-state index in [1.54, 1.807) is 12.1 Å². The summed E-state index contributed by atoms with van der Waals surface area (Å²) >= 11 is 0. The standard InChI is InChI=1S/C31H41N3O9S/c1-20(2)16-34(44(38,39)24-11-9-22(40-3)10-12-24)17-27(35)26(13-21-7-5-4-6-8-21)33-30(37)42-23-14-25-28(15-23)41-19-31(25)18-32-29(36)43-31/h4-12,20,23,25-28,35H,13-19H2,1-3H3,(H,32,36)(H,33,37)/t23-,25+,26+,27-,28-,31-/m1/s1. The molecule has 0 bridgehead atoms. The zero-order chi connectivity index (χ0) is 31.5. The number of alkyl carbamates (subject to hydrolysis) is 2. The van der Waals surface area contributed by atoms with Crippen molar-refractivity contribution in [1.29, 1.82) is 0 Å². The average molecular weight is 632 g/mol. The number of aliphatic hydroxyl groups excluding tert-OH is 1. The Kier molecular flexibility index (Phi) is 9.68. The molecule has 1 spiro atoms. The van der Waals surface area contributed by atoms with Crippen LogP contribution in [0.15, 0.2) is 59.5 Å². The van der Waals surface area contributed by atoms with Crippen LogP contribution in [0, 0.1) is 11.8 Å². The first-order valence-electron chi connectivity index (χ1n) is 14.9. The molecule has 13 heteroatoms. The second-order valence-electron chi connectivity index (χ2n) is 12.2. The maximum atomic E-state index is 13.7.